The van der Waals surface area contributed by atoms with Gasteiger partial charge in [0.15, 0.2) is 0 Å². The van der Waals surface area contributed by atoms with Crippen molar-refractivity contribution in [3.8, 4) is 11.1 Å². The van der Waals surface area contributed by atoms with Gasteiger partial charge in [-0.25, -0.2) is 0 Å². The van der Waals surface area contributed by atoms with E-state index in [4.69, 9.17) is 0 Å². The zero-order valence-electron chi connectivity index (χ0n) is 24.8. The average Bonchev–Trinajstić information content (AvgIpc) is 3.22. The molecule has 2 aromatic heterocycles. The number of carbonyl (C=O) groups excluding carboxylic acids is 1. The first-order chi connectivity index (χ1) is 18.5. The fourth-order valence-electron chi connectivity index (χ4n) is 6.15. The van der Waals surface area contributed by atoms with Crippen molar-refractivity contribution in [1.82, 2.24) is 25.0 Å². The van der Waals surface area contributed by atoms with Gasteiger partial charge in [-0.3, -0.25) is 14.3 Å². The van der Waals surface area contributed by atoms with Crippen LogP contribution < -0.4 is 15.8 Å². The first-order valence-corrected chi connectivity index (χ1v) is 14.1. The normalized spacial score (nSPS) is 17.5. The Morgan fingerprint density at radius 3 is 2.31 bits per heavy atom. The quantitative estimate of drug-likeness (QED) is 0.442. The minimum Gasteiger partial charge on any atom is -0.369 e. The maximum absolute atomic E-state index is 13.7. The van der Waals surface area contributed by atoms with Gasteiger partial charge in [0, 0.05) is 66.5 Å². The third kappa shape index (κ3) is 6.11. The molecule has 0 unspecified atom stereocenters. The van der Waals surface area contributed by atoms with Crippen molar-refractivity contribution < 1.29 is 4.79 Å². The minimum absolute atomic E-state index is 0.157. The highest BCUT2D eigenvalue weighted by atomic mass is 16.1. The van der Waals surface area contributed by atoms with Crippen molar-refractivity contribution in [2.45, 2.75) is 78.9 Å². The Bertz CT molecular complexity index is 1390. The lowest BCUT2D eigenvalue weighted by molar-refractivity contribution is 0.0950. The number of aryl methyl sites for hydroxylation is 4. The zero-order chi connectivity index (χ0) is 28.4. The summed E-state index contributed by atoms with van der Waals surface area (Å²) in [6.45, 7) is 11.1. The van der Waals surface area contributed by atoms with Gasteiger partial charge in [0.1, 0.15) is 0 Å². The number of amides is 1. The third-order valence-corrected chi connectivity index (χ3v) is 8.36. The number of anilines is 1. The second-order valence-corrected chi connectivity index (χ2v) is 11.3. The van der Waals surface area contributed by atoms with Crippen LogP contribution in [-0.2, 0) is 13.6 Å². The molecule has 1 aromatic carbocycles. The van der Waals surface area contributed by atoms with Crippen LogP contribution in [0.4, 0.5) is 5.69 Å². The van der Waals surface area contributed by atoms with E-state index in [9.17, 15) is 9.59 Å². The Kier molecular flexibility index (Phi) is 8.64. The summed E-state index contributed by atoms with van der Waals surface area (Å²) in [6.07, 6.45) is 6.62. The SMILES string of the molecule is CCN(c1cc(-c2cn(C)nc2C)cc(C(=O)NCc2c(C)cc(C)[nH]c2=O)c1C)[C@H]1CC[C@H](N(C)C)CC1. The second kappa shape index (κ2) is 11.8. The highest BCUT2D eigenvalue weighted by Crippen LogP contribution is 2.36. The molecule has 210 valence electrons. The van der Waals surface area contributed by atoms with E-state index in [1.807, 2.05) is 57.8 Å². The minimum atomic E-state index is -0.177. The van der Waals surface area contributed by atoms with Crippen molar-refractivity contribution in [2.24, 2.45) is 7.05 Å². The molecule has 1 amide bonds. The van der Waals surface area contributed by atoms with E-state index in [0.29, 0.717) is 23.2 Å². The fourth-order valence-corrected chi connectivity index (χ4v) is 6.15. The Morgan fingerprint density at radius 2 is 1.74 bits per heavy atom. The Hall–Kier alpha value is -3.39. The van der Waals surface area contributed by atoms with Gasteiger partial charge in [0.05, 0.1) is 5.69 Å². The number of nitrogens with zero attached hydrogens (tertiary/aromatic N) is 4. The summed E-state index contributed by atoms with van der Waals surface area (Å²) in [6, 6.07) is 7.19. The molecule has 0 radical (unpaired) electrons. The van der Waals surface area contributed by atoms with E-state index in [0.717, 1.165) is 58.7 Å². The molecule has 0 atom stereocenters. The van der Waals surface area contributed by atoms with Crippen LogP contribution in [-0.4, -0.2) is 58.3 Å². The molecule has 0 aliphatic heterocycles. The van der Waals surface area contributed by atoms with E-state index >= 15 is 0 Å². The van der Waals surface area contributed by atoms with Crippen LogP contribution in [0, 0.1) is 27.7 Å². The summed E-state index contributed by atoms with van der Waals surface area (Å²) in [5.41, 5.74) is 7.73. The van der Waals surface area contributed by atoms with Crippen LogP contribution in [0.3, 0.4) is 0 Å². The molecular formula is C31H44N6O2. The summed E-state index contributed by atoms with van der Waals surface area (Å²) < 4.78 is 1.82. The van der Waals surface area contributed by atoms with Crippen LogP contribution >= 0.6 is 0 Å². The summed E-state index contributed by atoms with van der Waals surface area (Å²) in [7, 11) is 6.26. The monoisotopic (exact) mass is 532 g/mol. The van der Waals surface area contributed by atoms with Crippen molar-refractivity contribution >= 4 is 11.6 Å². The number of pyridine rings is 1. The topological polar surface area (TPSA) is 86.3 Å². The number of H-pyrrole nitrogens is 1. The summed E-state index contributed by atoms with van der Waals surface area (Å²) >= 11 is 0. The molecule has 8 nitrogen and oxygen atoms in total. The van der Waals surface area contributed by atoms with Gasteiger partial charge in [0.2, 0.25) is 0 Å². The van der Waals surface area contributed by atoms with Gasteiger partial charge in [-0.05, 0) is 109 Å². The Labute approximate surface area is 232 Å². The van der Waals surface area contributed by atoms with E-state index in [-0.39, 0.29) is 18.0 Å². The van der Waals surface area contributed by atoms with E-state index in [1.165, 1.54) is 12.8 Å². The molecule has 0 bridgehead atoms. The molecule has 2 N–H and O–H groups in total. The number of hydrogen-bond acceptors (Lipinski definition) is 5. The summed E-state index contributed by atoms with van der Waals surface area (Å²) in [5, 5.41) is 7.59. The zero-order valence-corrected chi connectivity index (χ0v) is 24.8. The van der Waals surface area contributed by atoms with E-state index in [1.54, 1.807) is 0 Å². The van der Waals surface area contributed by atoms with Crippen molar-refractivity contribution in [3.63, 3.8) is 0 Å². The molecule has 0 spiro atoms. The van der Waals surface area contributed by atoms with E-state index in [2.05, 4.69) is 52.3 Å². The molecule has 8 heteroatoms. The van der Waals surface area contributed by atoms with Gasteiger partial charge >= 0.3 is 0 Å². The lowest BCUT2D eigenvalue weighted by Crippen LogP contribution is -2.42. The number of aromatic amines is 1. The smallest absolute Gasteiger partial charge is 0.253 e. The standard InChI is InChI=1S/C31H44N6O2/c1-9-37(25-12-10-24(11-13-25)35(6)7)29-16-23(28-18-36(8)34-22(28)5)15-26(21(29)4)30(38)32-17-27-19(2)14-20(3)33-31(27)39/h14-16,18,24-25H,9-13,17H2,1-8H3,(H,32,38)(H,33,39)/t24-,25-. The third-order valence-electron chi connectivity index (χ3n) is 8.36. The van der Waals surface area contributed by atoms with Gasteiger partial charge < -0.3 is 20.1 Å². The van der Waals surface area contributed by atoms with Crippen molar-refractivity contribution in [1.29, 1.82) is 0 Å². The maximum atomic E-state index is 13.7. The summed E-state index contributed by atoms with van der Waals surface area (Å²) in [4.78, 5) is 33.9. The van der Waals surface area contributed by atoms with Crippen LogP contribution in [0.25, 0.3) is 11.1 Å². The molecule has 0 saturated heterocycles. The lowest BCUT2D eigenvalue weighted by Gasteiger charge is -2.40. The van der Waals surface area contributed by atoms with Gasteiger partial charge in [-0.1, -0.05) is 0 Å². The lowest BCUT2D eigenvalue weighted by atomic mass is 9.88. The summed E-state index contributed by atoms with van der Waals surface area (Å²) in [5.74, 6) is -0.177. The van der Waals surface area contributed by atoms with Crippen LogP contribution in [0.2, 0.25) is 0 Å². The van der Waals surface area contributed by atoms with Crippen LogP contribution in [0.5, 0.6) is 0 Å². The number of aromatic nitrogens is 3. The van der Waals surface area contributed by atoms with Gasteiger partial charge in [-0.2, -0.15) is 5.10 Å². The predicted molar refractivity (Wildman–Crippen MR) is 159 cm³/mol. The Morgan fingerprint density at radius 1 is 1.08 bits per heavy atom. The van der Waals surface area contributed by atoms with Crippen LogP contribution in [0.1, 0.15) is 71.0 Å². The predicted octanol–water partition coefficient (Wildman–Crippen LogP) is 4.64. The molecule has 4 rings (SSSR count). The average molecular weight is 533 g/mol. The number of rotatable bonds is 8. The van der Waals surface area contributed by atoms with Gasteiger partial charge in [0.25, 0.3) is 11.5 Å². The first kappa shape index (κ1) is 28.6. The number of nitrogens with one attached hydrogen (secondary N) is 2. The van der Waals surface area contributed by atoms with Gasteiger partial charge in [-0.15, -0.1) is 0 Å². The number of hydrogen-bond donors (Lipinski definition) is 2. The second-order valence-electron chi connectivity index (χ2n) is 11.3. The molecule has 39 heavy (non-hydrogen) atoms. The molecular weight excluding hydrogens is 488 g/mol. The van der Waals surface area contributed by atoms with Crippen molar-refractivity contribution in [3.05, 3.63) is 68.4 Å². The molecule has 1 fully saturated rings. The molecule has 1 aliphatic rings. The highest BCUT2D eigenvalue weighted by molar-refractivity contribution is 5.99. The largest absolute Gasteiger partial charge is 0.369 e. The van der Waals surface area contributed by atoms with E-state index < -0.39 is 0 Å². The van der Waals surface area contributed by atoms with Crippen molar-refractivity contribution in [2.75, 3.05) is 25.5 Å². The number of benzene rings is 1. The molecule has 1 saturated carbocycles. The maximum Gasteiger partial charge on any atom is 0.253 e. The Balaban J connectivity index is 1.71. The number of carbonyl (C=O) groups is 1. The fraction of sp³-hybridized carbons (Fsp3) is 0.516. The molecule has 1 aliphatic carbocycles. The first-order valence-electron chi connectivity index (χ1n) is 14.1. The molecule has 3 aromatic rings. The highest BCUT2D eigenvalue weighted by Gasteiger charge is 2.28. The molecule has 2 heterocycles. The van der Waals surface area contributed by atoms with Crippen LogP contribution in [0.15, 0.2) is 29.2 Å².